The van der Waals surface area contributed by atoms with Gasteiger partial charge in [-0.3, -0.25) is 0 Å². The van der Waals surface area contributed by atoms with Gasteiger partial charge in [-0.05, 0) is 24.0 Å². The summed E-state index contributed by atoms with van der Waals surface area (Å²) in [6, 6.07) is 8.55. The first-order valence-corrected chi connectivity index (χ1v) is 5.81. The summed E-state index contributed by atoms with van der Waals surface area (Å²) >= 11 is 3.41. The van der Waals surface area contributed by atoms with Crippen LogP contribution in [0.5, 0.6) is 0 Å². The van der Waals surface area contributed by atoms with Crippen LogP contribution in [0.1, 0.15) is 24.5 Å². The summed E-state index contributed by atoms with van der Waals surface area (Å²) in [5, 5.41) is 1.04. The van der Waals surface area contributed by atoms with Crippen molar-refractivity contribution in [2.45, 2.75) is 19.8 Å². The van der Waals surface area contributed by atoms with Crippen LogP contribution in [0.2, 0.25) is 0 Å². The first-order chi connectivity index (χ1) is 6.38. The third-order valence-corrected chi connectivity index (χ3v) is 2.47. The molecule has 1 rings (SSSR count). The van der Waals surface area contributed by atoms with E-state index in [0.717, 1.165) is 18.2 Å². The van der Waals surface area contributed by atoms with E-state index in [4.69, 9.17) is 0 Å². The van der Waals surface area contributed by atoms with Crippen LogP contribution in [-0.4, -0.2) is 5.33 Å². The molecule has 0 aliphatic heterocycles. The van der Waals surface area contributed by atoms with Gasteiger partial charge in [0.15, 0.2) is 0 Å². The smallest absolute Gasteiger partial charge is 0.00660 e. The van der Waals surface area contributed by atoms with Crippen LogP contribution < -0.4 is 0 Å². The number of alkyl halides is 1. The summed E-state index contributed by atoms with van der Waals surface area (Å²) in [7, 11) is 0. The molecule has 0 spiro atoms. The largest absolute Gasteiger partial charge is 0.0925 e. The van der Waals surface area contributed by atoms with Gasteiger partial charge in [0.2, 0.25) is 0 Å². The van der Waals surface area contributed by atoms with E-state index < -0.39 is 0 Å². The van der Waals surface area contributed by atoms with E-state index in [0.29, 0.717) is 0 Å². The molecule has 0 heterocycles. The number of allylic oxidation sites excluding steroid dienone is 1. The second-order valence-electron chi connectivity index (χ2n) is 2.93. The van der Waals surface area contributed by atoms with Crippen LogP contribution in [0.3, 0.4) is 0 Å². The molecule has 0 aliphatic rings. The summed E-state index contributed by atoms with van der Waals surface area (Å²) in [5.41, 5.74) is 2.78. The highest BCUT2D eigenvalue weighted by Crippen LogP contribution is 2.11. The Morgan fingerprint density at radius 1 is 1.31 bits per heavy atom. The fourth-order valence-electron chi connectivity index (χ4n) is 1.29. The SMILES string of the molecule is CCc1ccccc1C=CCCBr. The van der Waals surface area contributed by atoms with E-state index in [1.165, 1.54) is 11.1 Å². The maximum Gasteiger partial charge on any atom is 0.00660 e. The highest BCUT2D eigenvalue weighted by Gasteiger charge is 1.93. The molecule has 70 valence electrons. The van der Waals surface area contributed by atoms with Crippen molar-refractivity contribution in [1.29, 1.82) is 0 Å². The first kappa shape index (κ1) is 10.5. The Kier molecular flexibility index (Phi) is 4.84. The molecule has 1 aromatic carbocycles. The van der Waals surface area contributed by atoms with Crippen LogP contribution in [0, 0.1) is 0 Å². The average Bonchev–Trinajstić information content (AvgIpc) is 2.19. The van der Waals surface area contributed by atoms with Crippen LogP contribution in [0.25, 0.3) is 6.08 Å². The van der Waals surface area contributed by atoms with Crippen molar-refractivity contribution in [3.63, 3.8) is 0 Å². The van der Waals surface area contributed by atoms with E-state index in [1.807, 2.05) is 0 Å². The van der Waals surface area contributed by atoms with Crippen LogP contribution in [0.4, 0.5) is 0 Å². The predicted octanol–water partition coefficient (Wildman–Crippen LogP) is 4.05. The molecule has 0 saturated carbocycles. The predicted molar refractivity (Wildman–Crippen MR) is 63.3 cm³/mol. The normalized spacial score (nSPS) is 10.9. The van der Waals surface area contributed by atoms with E-state index in [1.54, 1.807) is 0 Å². The van der Waals surface area contributed by atoms with Gasteiger partial charge in [0.25, 0.3) is 0 Å². The van der Waals surface area contributed by atoms with Crippen molar-refractivity contribution < 1.29 is 0 Å². The molecule has 1 aromatic rings. The standard InChI is InChI=1S/C12H15Br/c1-2-11-7-3-4-8-12(11)9-5-6-10-13/h3-5,7-9H,2,6,10H2,1H3. The lowest BCUT2D eigenvalue weighted by Gasteiger charge is -2.01. The monoisotopic (exact) mass is 238 g/mol. The molecule has 0 atom stereocenters. The molecule has 0 aromatic heterocycles. The van der Waals surface area contributed by atoms with Crippen LogP contribution >= 0.6 is 15.9 Å². The van der Waals surface area contributed by atoms with Gasteiger partial charge in [0.1, 0.15) is 0 Å². The zero-order chi connectivity index (χ0) is 9.52. The maximum absolute atomic E-state index is 3.41. The lowest BCUT2D eigenvalue weighted by molar-refractivity contribution is 1.13. The van der Waals surface area contributed by atoms with E-state index in [2.05, 4.69) is 59.3 Å². The quantitative estimate of drug-likeness (QED) is 0.695. The zero-order valence-corrected chi connectivity index (χ0v) is 9.55. The second-order valence-corrected chi connectivity index (χ2v) is 3.73. The third kappa shape index (κ3) is 3.35. The zero-order valence-electron chi connectivity index (χ0n) is 7.96. The molecule has 0 bridgehead atoms. The average molecular weight is 239 g/mol. The minimum absolute atomic E-state index is 1.04. The molecule has 0 saturated heterocycles. The van der Waals surface area contributed by atoms with Gasteiger partial charge < -0.3 is 0 Å². The van der Waals surface area contributed by atoms with E-state index in [-0.39, 0.29) is 0 Å². The molecule has 13 heavy (non-hydrogen) atoms. The molecule has 0 amide bonds. The first-order valence-electron chi connectivity index (χ1n) is 4.69. The summed E-state index contributed by atoms with van der Waals surface area (Å²) < 4.78 is 0. The summed E-state index contributed by atoms with van der Waals surface area (Å²) in [6.07, 6.45) is 6.62. The lowest BCUT2D eigenvalue weighted by Crippen LogP contribution is -1.84. The molecule has 0 N–H and O–H groups in total. The third-order valence-electron chi connectivity index (χ3n) is 2.01. The Labute approximate surface area is 88.8 Å². The molecule has 0 radical (unpaired) electrons. The Bertz CT molecular complexity index is 276. The molecule has 0 fully saturated rings. The van der Waals surface area contributed by atoms with Gasteiger partial charge >= 0.3 is 0 Å². The summed E-state index contributed by atoms with van der Waals surface area (Å²) in [5.74, 6) is 0. The van der Waals surface area contributed by atoms with Gasteiger partial charge in [-0.15, -0.1) is 0 Å². The maximum atomic E-state index is 3.41. The Morgan fingerprint density at radius 2 is 2.08 bits per heavy atom. The summed E-state index contributed by atoms with van der Waals surface area (Å²) in [6.45, 7) is 2.19. The van der Waals surface area contributed by atoms with Crippen molar-refractivity contribution in [2.75, 3.05) is 5.33 Å². The van der Waals surface area contributed by atoms with Crippen molar-refractivity contribution >= 4 is 22.0 Å². The van der Waals surface area contributed by atoms with Gasteiger partial charge in [-0.1, -0.05) is 59.3 Å². The second kappa shape index (κ2) is 5.98. The lowest BCUT2D eigenvalue weighted by atomic mass is 10.0. The molecule has 0 aliphatic carbocycles. The van der Waals surface area contributed by atoms with Crippen LogP contribution in [0.15, 0.2) is 30.3 Å². The van der Waals surface area contributed by atoms with Crippen molar-refractivity contribution in [2.24, 2.45) is 0 Å². The van der Waals surface area contributed by atoms with Crippen molar-refractivity contribution in [3.8, 4) is 0 Å². The fraction of sp³-hybridized carbons (Fsp3) is 0.333. The number of hydrogen-bond donors (Lipinski definition) is 0. The number of halogens is 1. The molecule has 1 heteroatoms. The van der Waals surface area contributed by atoms with Crippen LogP contribution in [-0.2, 0) is 6.42 Å². The minimum atomic E-state index is 1.04. The van der Waals surface area contributed by atoms with Gasteiger partial charge in [0.05, 0.1) is 0 Å². The Balaban J connectivity index is 2.74. The molecule has 0 unspecified atom stereocenters. The Hall–Kier alpha value is -0.560. The van der Waals surface area contributed by atoms with Gasteiger partial charge in [-0.2, -0.15) is 0 Å². The van der Waals surface area contributed by atoms with E-state index >= 15 is 0 Å². The van der Waals surface area contributed by atoms with Gasteiger partial charge in [0, 0.05) is 5.33 Å². The number of benzene rings is 1. The van der Waals surface area contributed by atoms with Crippen molar-refractivity contribution in [3.05, 3.63) is 41.5 Å². The van der Waals surface area contributed by atoms with Gasteiger partial charge in [-0.25, -0.2) is 0 Å². The van der Waals surface area contributed by atoms with E-state index in [9.17, 15) is 0 Å². The highest BCUT2D eigenvalue weighted by molar-refractivity contribution is 9.09. The summed E-state index contributed by atoms with van der Waals surface area (Å²) in [4.78, 5) is 0. The molecule has 0 nitrogen and oxygen atoms in total. The molecular formula is C12H15Br. The highest BCUT2D eigenvalue weighted by atomic mass is 79.9. The number of hydrogen-bond acceptors (Lipinski definition) is 0. The fourth-order valence-corrected chi connectivity index (χ4v) is 1.56. The number of rotatable bonds is 4. The topological polar surface area (TPSA) is 0 Å². The Morgan fingerprint density at radius 3 is 2.77 bits per heavy atom. The van der Waals surface area contributed by atoms with Crippen molar-refractivity contribution in [1.82, 2.24) is 0 Å². The number of aryl methyl sites for hydroxylation is 1. The minimum Gasteiger partial charge on any atom is -0.0925 e. The molecular weight excluding hydrogens is 224 g/mol.